The van der Waals surface area contributed by atoms with Gasteiger partial charge in [0.05, 0.1) is 0 Å². The zero-order valence-electron chi connectivity index (χ0n) is 10.8. The molecule has 0 atom stereocenters. The summed E-state index contributed by atoms with van der Waals surface area (Å²) in [5.74, 6) is -1.36. The Hall–Kier alpha value is -1.39. The molecule has 0 unspecified atom stereocenters. The van der Waals surface area contributed by atoms with Crippen LogP contribution in [0.25, 0.3) is 0 Å². The van der Waals surface area contributed by atoms with Crippen molar-refractivity contribution in [3.63, 3.8) is 0 Å². The zero-order chi connectivity index (χ0) is 13.3. The van der Waals surface area contributed by atoms with Crippen LogP contribution in [-0.2, 0) is 19.2 Å². The number of hydrogen-bond acceptors (Lipinski definition) is 4. The molecule has 1 aliphatic rings. The van der Waals surface area contributed by atoms with E-state index in [2.05, 4.69) is 4.84 Å². The van der Waals surface area contributed by atoms with Crippen LogP contribution in [0, 0.1) is 0 Å². The van der Waals surface area contributed by atoms with Gasteiger partial charge in [-0.15, -0.1) is 5.06 Å². The molecule has 0 N–H and O–H groups in total. The highest BCUT2D eigenvalue weighted by molar-refractivity contribution is 6.01. The van der Waals surface area contributed by atoms with E-state index in [0.717, 1.165) is 19.3 Å². The van der Waals surface area contributed by atoms with Crippen LogP contribution in [-0.4, -0.2) is 22.8 Å². The molecule has 0 aromatic rings. The predicted molar refractivity (Wildman–Crippen MR) is 62.7 cm³/mol. The highest BCUT2D eigenvalue weighted by atomic mass is 16.7. The van der Waals surface area contributed by atoms with Crippen molar-refractivity contribution in [2.45, 2.75) is 59.3 Å². The normalized spacial score (nSPS) is 14.4. The molecule has 0 aromatic heterocycles. The van der Waals surface area contributed by atoms with E-state index in [4.69, 9.17) is 0 Å². The van der Waals surface area contributed by atoms with Crippen molar-refractivity contribution in [1.29, 1.82) is 0 Å². The van der Waals surface area contributed by atoms with Crippen molar-refractivity contribution in [3.05, 3.63) is 0 Å². The number of unbranched alkanes of at least 4 members (excludes halogenated alkanes) is 2. The Kier molecular flexibility index (Phi) is 8.01. The SMILES string of the molecule is CC.CCCCCC(=O)ON1C(=O)CCC1=O. The van der Waals surface area contributed by atoms with Crippen LogP contribution in [0.4, 0.5) is 0 Å². The molecule has 0 saturated carbocycles. The molecule has 98 valence electrons. The summed E-state index contributed by atoms with van der Waals surface area (Å²) >= 11 is 0. The van der Waals surface area contributed by atoms with Gasteiger partial charge in [-0.05, 0) is 6.42 Å². The second kappa shape index (κ2) is 8.73. The van der Waals surface area contributed by atoms with Crippen molar-refractivity contribution in [3.8, 4) is 0 Å². The van der Waals surface area contributed by atoms with Gasteiger partial charge in [0.1, 0.15) is 0 Å². The molecule has 0 bridgehead atoms. The Balaban J connectivity index is 0.00000121. The van der Waals surface area contributed by atoms with E-state index < -0.39 is 17.8 Å². The molecule has 0 spiro atoms. The van der Waals surface area contributed by atoms with Crippen molar-refractivity contribution < 1.29 is 19.2 Å². The van der Waals surface area contributed by atoms with Gasteiger partial charge in [-0.25, -0.2) is 4.79 Å². The lowest BCUT2D eigenvalue weighted by Gasteiger charge is -2.12. The largest absolute Gasteiger partial charge is 0.333 e. The van der Waals surface area contributed by atoms with Crippen molar-refractivity contribution in [1.82, 2.24) is 5.06 Å². The maximum absolute atomic E-state index is 11.2. The number of carbonyl (C=O) groups is 3. The molecule has 1 rings (SSSR count). The lowest BCUT2D eigenvalue weighted by atomic mass is 10.2. The second-order valence-electron chi connectivity index (χ2n) is 3.50. The third-order valence-electron chi connectivity index (χ3n) is 2.18. The van der Waals surface area contributed by atoms with Gasteiger partial charge in [-0.3, -0.25) is 9.59 Å². The number of nitrogens with zero attached hydrogens (tertiary/aromatic N) is 1. The summed E-state index contributed by atoms with van der Waals surface area (Å²) < 4.78 is 0. The van der Waals surface area contributed by atoms with E-state index in [0.29, 0.717) is 5.06 Å². The van der Waals surface area contributed by atoms with E-state index in [1.54, 1.807) is 0 Å². The molecule has 0 aromatic carbocycles. The average Bonchev–Trinajstić information content (AvgIpc) is 2.64. The highest BCUT2D eigenvalue weighted by Crippen LogP contribution is 2.13. The summed E-state index contributed by atoms with van der Waals surface area (Å²) in [6, 6.07) is 0. The molecular formula is C12H21NO4. The van der Waals surface area contributed by atoms with Crippen LogP contribution in [0.2, 0.25) is 0 Å². The van der Waals surface area contributed by atoms with E-state index >= 15 is 0 Å². The van der Waals surface area contributed by atoms with Gasteiger partial charge < -0.3 is 4.84 Å². The minimum atomic E-state index is -0.507. The van der Waals surface area contributed by atoms with E-state index in [-0.39, 0.29) is 19.3 Å². The van der Waals surface area contributed by atoms with Gasteiger partial charge in [-0.1, -0.05) is 33.6 Å². The van der Waals surface area contributed by atoms with Crippen LogP contribution >= 0.6 is 0 Å². The number of amides is 2. The molecule has 5 nitrogen and oxygen atoms in total. The van der Waals surface area contributed by atoms with Crippen molar-refractivity contribution >= 4 is 17.8 Å². The quantitative estimate of drug-likeness (QED) is 0.548. The maximum atomic E-state index is 11.2. The Bertz CT molecular complexity index is 260. The Morgan fingerprint density at radius 3 is 2.18 bits per heavy atom. The predicted octanol–water partition coefficient (Wildman–Crippen LogP) is 2.20. The van der Waals surface area contributed by atoms with Crippen molar-refractivity contribution in [2.75, 3.05) is 0 Å². The molecule has 2 amide bonds. The first kappa shape index (κ1) is 15.6. The molecular weight excluding hydrogens is 222 g/mol. The Morgan fingerprint density at radius 2 is 1.71 bits per heavy atom. The lowest BCUT2D eigenvalue weighted by Crippen LogP contribution is -2.31. The third-order valence-corrected chi connectivity index (χ3v) is 2.18. The first-order valence-electron chi connectivity index (χ1n) is 6.21. The van der Waals surface area contributed by atoms with Gasteiger partial charge in [0.25, 0.3) is 11.8 Å². The standard InChI is InChI=1S/C10H15NO4.C2H6/c1-2-3-4-5-10(14)15-11-8(12)6-7-9(11)13;1-2/h2-7H2,1H3;1-2H3. The van der Waals surface area contributed by atoms with Crippen LogP contribution in [0.15, 0.2) is 0 Å². The fraction of sp³-hybridized carbons (Fsp3) is 0.750. The van der Waals surface area contributed by atoms with Crippen LogP contribution in [0.3, 0.4) is 0 Å². The van der Waals surface area contributed by atoms with Gasteiger partial charge in [0, 0.05) is 19.3 Å². The minimum Gasteiger partial charge on any atom is -0.330 e. The zero-order valence-corrected chi connectivity index (χ0v) is 10.8. The minimum absolute atomic E-state index is 0.140. The van der Waals surface area contributed by atoms with Crippen LogP contribution < -0.4 is 0 Å². The molecule has 0 radical (unpaired) electrons. The summed E-state index contributed by atoms with van der Waals surface area (Å²) in [4.78, 5) is 38.0. The number of hydroxylamine groups is 2. The third kappa shape index (κ3) is 5.47. The first-order valence-corrected chi connectivity index (χ1v) is 6.21. The maximum Gasteiger partial charge on any atom is 0.333 e. The first-order chi connectivity index (χ1) is 8.15. The smallest absolute Gasteiger partial charge is 0.330 e. The number of imide groups is 1. The van der Waals surface area contributed by atoms with Gasteiger partial charge >= 0.3 is 5.97 Å². The molecule has 0 aliphatic carbocycles. The van der Waals surface area contributed by atoms with Gasteiger partial charge in [-0.2, -0.15) is 0 Å². The topological polar surface area (TPSA) is 63.7 Å². The summed E-state index contributed by atoms with van der Waals surface area (Å²) in [6.45, 7) is 6.03. The molecule has 1 fully saturated rings. The van der Waals surface area contributed by atoms with Crippen LogP contribution in [0.5, 0.6) is 0 Å². The summed E-state index contributed by atoms with van der Waals surface area (Å²) in [7, 11) is 0. The lowest BCUT2D eigenvalue weighted by molar-refractivity contribution is -0.197. The average molecular weight is 243 g/mol. The molecule has 5 heteroatoms. The van der Waals surface area contributed by atoms with E-state index in [1.165, 1.54) is 0 Å². The van der Waals surface area contributed by atoms with E-state index in [9.17, 15) is 14.4 Å². The monoisotopic (exact) mass is 243 g/mol. The molecule has 1 heterocycles. The van der Waals surface area contributed by atoms with Crippen LogP contribution in [0.1, 0.15) is 59.3 Å². The Morgan fingerprint density at radius 1 is 1.18 bits per heavy atom. The number of carbonyl (C=O) groups excluding carboxylic acids is 3. The molecule has 1 saturated heterocycles. The second-order valence-corrected chi connectivity index (χ2v) is 3.50. The fourth-order valence-corrected chi connectivity index (χ4v) is 1.32. The van der Waals surface area contributed by atoms with Crippen molar-refractivity contribution in [2.24, 2.45) is 0 Å². The molecule has 1 aliphatic heterocycles. The molecule has 17 heavy (non-hydrogen) atoms. The fourth-order valence-electron chi connectivity index (χ4n) is 1.32. The highest BCUT2D eigenvalue weighted by Gasteiger charge is 2.32. The number of hydrogen-bond donors (Lipinski definition) is 0. The summed E-state index contributed by atoms with van der Waals surface area (Å²) in [5.41, 5.74) is 0. The summed E-state index contributed by atoms with van der Waals surface area (Å²) in [6.07, 6.45) is 3.21. The summed E-state index contributed by atoms with van der Waals surface area (Å²) in [5, 5.41) is 0.592. The van der Waals surface area contributed by atoms with Gasteiger partial charge in [0.15, 0.2) is 0 Å². The Labute approximate surface area is 102 Å². The van der Waals surface area contributed by atoms with Gasteiger partial charge in [0.2, 0.25) is 0 Å². The number of rotatable bonds is 5. The van der Waals surface area contributed by atoms with E-state index in [1.807, 2.05) is 20.8 Å².